The molecule has 1 heterocycles. The minimum atomic E-state index is -0.528. The van der Waals surface area contributed by atoms with Crippen molar-refractivity contribution in [3.8, 4) is 11.5 Å². The highest BCUT2D eigenvalue weighted by Crippen LogP contribution is 2.44. The van der Waals surface area contributed by atoms with Crippen LogP contribution in [0.5, 0.6) is 11.5 Å². The third-order valence-corrected chi connectivity index (χ3v) is 5.92. The number of hydrogen-bond donors (Lipinski definition) is 1. The predicted octanol–water partition coefficient (Wildman–Crippen LogP) is 6.14. The fraction of sp³-hybridized carbons (Fsp3) is 0.357. The summed E-state index contributed by atoms with van der Waals surface area (Å²) in [4.78, 5) is 0. The summed E-state index contributed by atoms with van der Waals surface area (Å²) in [6.07, 6.45) is -0.470. The van der Waals surface area contributed by atoms with Gasteiger partial charge in [0.25, 0.3) is 0 Å². The van der Waals surface area contributed by atoms with Crippen molar-refractivity contribution in [3.63, 3.8) is 0 Å². The minimum Gasteiger partial charge on any atom is -0.497 e. The lowest BCUT2D eigenvalue weighted by atomic mass is 9.87. The van der Waals surface area contributed by atoms with Crippen LogP contribution in [-0.4, -0.2) is 25.4 Å². The van der Waals surface area contributed by atoms with Crippen molar-refractivity contribution < 1.29 is 18.9 Å². The summed E-state index contributed by atoms with van der Waals surface area (Å²) in [5.74, 6) is 1.70. The smallest absolute Gasteiger partial charge is 0.132 e. The van der Waals surface area contributed by atoms with E-state index in [1.807, 2.05) is 49.4 Å². The van der Waals surface area contributed by atoms with Gasteiger partial charge in [0.1, 0.15) is 29.3 Å². The van der Waals surface area contributed by atoms with Crippen molar-refractivity contribution in [1.82, 2.24) is 0 Å². The molecule has 174 valence electrons. The Morgan fingerprint density at radius 1 is 0.909 bits per heavy atom. The normalized spacial score (nSPS) is 18.8. The van der Waals surface area contributed by atoms with Crippen molar-refractivity contribution in [2.45, 2.75) is 51.7 Å². The van der Waals surface area contributed by atoms with Gasteiger partial charge in [0.05, 0.1) is 13.7 Å². The van der Waals surface area contributed by atoms with Gasteiger partial charge >= 0.3 is 0 Å². The van der Waals surface area contributed by atoms with Crippen molar-refractivity contribution >= 4 is 5.69 Å². The highest BCUT2D eigenvalue weighted by atomic mass is 16.6. The maximum absolute atomic E-state index is 6.42. The predicted molar refractivity (Wildman–Crippen MR) is 131 cm³/mol. The highest BCUT2D eigenvalue weighted by Gasteiger charge is 2.45. The van der Waals surface area contributed by atoms with Crippen LogP contribution in [0, 0.1) is 0 Å². The van der Waals surface area contributed by atoms with E-state index >= 15 is 0 Å². The number of fused-ring (bicyclic) bond motifs is 1. The Morgan fingerprint density at radius 2 is 1.67 bits per heavy atom. The summed E-state index contributed by atoms with van der Waals surface area (Å²) >= 11 is 0. The summed E-state index contributed by atoms with van der Waals surface area (Å²) in [5, 5.41) is 3.51. The second-order valence-electron chi connectivity index (χ2n) is 8.75. The zero-order valence-corrected chi connectivity index (χ0v) is 19.8. The van der Waals surface area contributed by atoms with Crippen molar-refractivity contribution in [3.05, 3.63) is 89.5 Å². The number of hydrogen-bond acceptors (Lipinski definition) is 5. The topological polar surface area (TPSA) is 49.0 Å². The Morgan fingerprint density at radius 3 is 2.36 bits per heavy atom. The van der Waals surface area contributed by atoms with Gasteiger partial charge in [0, 0.05) is 24.4 Å². The molecule has 0 saturated heterocycles. The van der Waals surface area contributed by atoms with Crippen LogP contribution in [0.4, 0.5) is 5.69 Å². The molecule has 1 aliphatic heterocycles. The van der Waals surface area contributed by atoms with Crippen LogP contribution in [0.15, 0.2) is 72.8 Å². The van der Waals surface area contributed by atoms with E-state index in [1.165, 1.54) is 5.56 Å². The van der Waals surface area contributed by atoms with Crippen LogP contribution in [0.25, 0.3) is 0 Å². The van der Waals surface area contributed by atoms with Crippen molar-refractivity contribution in [2.24, 2.45) is 0 Å². The van der Waals surface area contributed by atoms with Crippen molar-refractivity contribution in [2.75, 3.05) is 19.0 Å². The first-order valence-corrected chi connectivity index (χ1v) is 11.5. The summed E-state index contributed by atoms with van der Waals surface area (Å²) in [7, 11) is 1.68. The molecule has 2 unspecified atom stereocenters. The Kier molecular flexibility index (Phi) is 7.21. The van der Waals surface area contributed by atoms with Crippen LogP contribution in [0.1, 0.15) is 43.6 Å². The van der Waals surface area contributed by atoms with Gasteiger partial charge in [0.15, 0.2) is 0 Å². The standard InChI is InChI=1S/C28H33NO4/c1-5-31-26-24-17-22(29-18-20-11-14-23(30-4)15-12-20)13-16-25(24)33-28(2,3)27(26)32-19-21-9-7-6-8-10-21/h6-17,26-27,29H,5,18-19H2,1-4H3. The molecule has 4 rings (SSSR count). The molecule has 0 aliphatic carbocycles. The van der Waals surface area contributed by atoms with Gasteiger partial charge in [-0.3, -0.25) is 0 Å². The quantitative estimate of drug-likeness (QED) is 0.427. The average molecular weight is 448 g/mol. The largest absolute Gasteiger partial charge is 0.497 e. The van der Waals surface area contributed by atoms with E-state index in [0.29, 0.717) is 19.8 Å². The monoisotopic (exact) mass is 447 g/mol. The zero-order chi connectivity index (χ0) is 23.3. The maximum Gasteiger partial charge on any atom is 0.132 e. The van der Waals surface area contributed by atoms with E-state index in [2.05, 4.69) is 49.5 Å². The highest BCUT2D eigenvalue weighted by molar-refractivity contribution is 5.54. The third kappa shape index (κ3) is 5.49. The molecule has 0 radical (unpaired) electrons. The molecule has 0 spiro atoms. The molecule has 2 atom stereocenters. The Bertz CT molecular complexity index is 1030. The lowest BCUT2D eigenvalue weighted by Crippen LogP contribution is -2.51. The van der Waals surface area contributed by atoms with E-state index in [-0.39, 0.29) is 12.2 Å². The van der Waals surface area contributed by atoms with E-state index in [0.717, 1.165) is 28.3 Å². The molecule has 1 aliphatic rings. The number of ether oxygens (including phenoxy) is 4. The van der Waals surface area contributed by atoms with Crippen LogP contribution in [0.3, 0.4) is 0 Å². The first-order valence-electron chi connectivity index (χ1n) is 11.5. The van der Waals surface area contributed by atoms with Gasteiger partial charge in [0.2, 0.25) is 0 Å². The molecular weight excluding hydrogens is 414 g/mol. The molecule has 33 heavy (non-hydrogen) atoms. The Hall–Kier alpha value is -3.02. The molecule has 0 amide bonds. The van der Waals surface area contributed by atoms with E-state index in [4.69, 9.17) is 18.9 Å². The van der Waals surface area contributed by atoms with E-state index in [9.17, 15) is 0 Å². The lowest BCUT2D eigenvalue weighted by molar-refractivity contribution is -0.165. The molecule has 5 heteroatoms. The number of nitrogens with one attached hydrogen (secondary N) is 1. The van der Waals surface area contributed by atoms with Crippen LogP contribution in [-0.2, 0) is 22.6 Å². The van der Waals surface area contributed by atoms with Crippen molar-refractivity contribution in [1.29, 1.82) is 0 Å². The summed E-state index contributed by atoms with van der Waals surface area (Å²) in [6, 6.07) is 24.5. The molecule has 3 aromatic carbocycles. The molecule has 5 nitrogen and oxygen atoms in total. The molecule has 1 N–H and O–H groups in total. The van der Waals surface area contributed by atoms with Crippen LogP contribution in [0.2, 0.25) is 0 Å². The SMILES string of the molecule is CCOC1c2cc(NCc3ccc(OC)cc3)ccc2OC(C)(C)C1OCc1ccccc1. The number of benzene rings is 3. The number of methoxy groups -OCH3 is 1. The lowest BCUT2D eigenvalue weighted by Gasteiger charge is -2.44. The zero-order valence-electron chi connectivity index (χ0n) is 19.8. The van der Waals surface area contributed by atoms with Crippen LogP contribution < -0.4 is 14.8 Å². The number of anilines is 1. The van der Waals surface area contributed by atoms with Crippen LogP contribution >= 0.6 is 0 Å². The second-order valence-corrected chi connectivity index (χ2v) is 8.75. The minimum absolute atomic E-state index is 0.222. The van der Waals surface area contributed by atoms with E-state index < -0.39 is 5.60 Å². The molecule has 0 aromatic heterocycles. The summed E-state index contributed by atoms with van der Waals surface area (Å²) in [5.41, 5.74) is 3.80. The fourth-order valence-corrected chi connectivity index (χ4v) is 4.20. The Balaban J connectivity index is 1.53. The van der Waals surface area contributed by atoms with Gasteiger partial charge < -0.3 is 24.3 Å². The maximum atomic E-state index is 6.42. The number of rotatable bonds is 9. The second kappa shape index (κ2) is 10.3. The molecule has 0 saturated carbocycles. The molecule has 0 fully saturated rings. The fourth-order valence-electron chi connectivity index (χ4n) is 4.20. The summed E-state index contributed by atoms with van der Waals surface area (Å²) < 4.78 is 24.3. The van der Waals surface area contributed by atoms with Gasteiger partial charge in [-0.1, -0.05) is 42.5 Å². The molecular formula is C28H33NO4. The Labute approximate surface area is 196 Å². The summed E-state index contributed by atoms with van der Waals surface area (Å²) in [6.45, 7) is 7.95. The third-order valence-electron chi connectivity index (χ3n) is 5.92. The van der Waals surface area contributed by atoms with Gasteiger partial charge in [-0.05, 0) is 62.2 Å². The first-order chi connectivity index (χ1) is 16.0. The van der Waals surface area contributed by atoms with Gasteiger partial charge in [-0.2, -0.15) is 0 Å². The first kappa shape index (κ1) is 23.1. The van der Waals surface area contributed by atoms with Gasteiger partial charge in [-0.15, -0.1) is 0 Å². The van der Waals surface area contributed by atoms with E-state index in [1.54, 1.807) is 7.11 Å². The average Bonchev–Trinajstić information content (AvgIpc) is 2.83. The van der Waals surface area contributed by atoms with Gasteiger partial charge in [-0.25, -0.2) is 0 Å². The molecule has 0 bridgehead atoms. The molecule has 3 aromatic rings.